The Bertz CT molecular complexity index is 974. The number of benzene rings is 1. The van der Waals surface area contributed by atoms with Crippen LogP contribution in [0.4, 0.5) is 0 Å². The number of hydrogen-bond donors (Lipinski definition) is 1. The number of fused-ring (bicyclic) bond motifs is 1. The van der Waals surface area contributed by atoms with Gasteiger partial charge in [-0.15, -0.1) is 0 Å². The predicted octanol–water partition coefficient (Wildman–Crippen LogP) is 3.79. The van der Waals surface area contributed by atoms with Crippen LogP contribution in [0, 0.1) is 13.8 Å². The predicted molar refractivity (Wildman–Crippen MR) is 101 cm³/mol. The first-order chi connectivity index (χ1) is 12.9. The molecule has 0 aliphatic heterocycles. The van der Waals surface area contributed by atoms with Crippen LogP contribution >= 0.6 is 0 Å². The molecule has 0 radical (unpaired) electrons. The molecule has 1 N–H and O–H groups in total. The summed E-state index contributed by atoms with van der Waals surface area (Å²) < 4.78 is 16.4. The Kier molecular flexibility index (Phi) is 5.46. The van der Waals surface area contributed by atoms with Crippen molar-refractivity contribution in [1.82, 2.24) is 4.98 Å². The van der Waals surface area contributed by atoms with E-state index in [-0.39, 0.29) is 12.4 Å². The van der Waals surface area contributed by atoms with Crippen LogP contribution in [0.5, 0.6) is 5.75 Å². The number of aliphatic hydroxyl groups is 1. The Hall–Kier alpha value is -2.86. The fourth-order valence-electron chi connectivity index (χ4n) is 3.06. The number of rotatable bonds is 6. The highest BCUT2D eigenvalue weighted by molar-refractivity contribution is 5.89. The van der Waals surface area contributed by atoms with Crippen LogP contribution < -0.4 is 4.74 Å². The molecule has 0 aliphatic carbocycles. The van der Waals surface area contributed by atoms with Crippen molar-refractivity contribution in [2.24, 2.45) is 0 Å². The van der Waals surface area contributed by atoms with Gasteiger partial charge in [0.15, 0.2) is 0 Å². The highest BCUT2D eigenvalue weighted by Crippen LogP contribution is 2.36. The molecule has 0 amide bonds. The van der Waals surface area contributed by atoms with Gasteiger partial charge in [0, 0.05) is 27.9 Å². The minimum absolute atomic E-state index is 0.108. The third-order valence-corrected chi connectivity index (χ3v) is 4.52. The van der Waals surface area contributed by atoms with Gasteiger partial charge in [0.05, 0.1) is 31.5 Å². The fourth-order valence-corrected chi connectivity index (χ4v) is 3.06. The van der Waals surface area contributed by atoms with Crippen molar-refractivity contribution >= 4 is 16.9 Å². The molecule has 0 saturated carbocycles. The van der Waals surface area contributed by atoms with E-state index in [1.54, 1.807) is 13.0 Å². The smallest absolute Gasteiger partial charge is 0.310 e. The second-order valence-electron chi connectivity index (χ2n) is 6.53. The van der Waals surface area contributed by atoms with Crippen LogP contribution in [-0.2, 0) is 22.6 Å². The number of carbonyl (C=O) groups excluding carboxylic acids is 1. The second kappa shape index (κ2) is 7.80. The number of esters is 1. The van der Waals surface area contributed by atoms with Gasteiger partial charge in [0.1, 0.15) is 17.9 Å². The van der Waals surface area contributed by atoms with E-state index in [1.807, 2.05) is 32.0 Å². The Morgan fingerprint density at radius 3 is 2.67 bits per heavy atom. The Morgan fingerprint density at radius 2 is 2.00 bits per heavy atom. The van der Waals surface area contributed by atoms with Crippen molar-refractivity contribution in [3.8, 4) is 5.75 Å². The molecule has 0 bridgehead atoms. The van der Waals surface area contributed by atoms with Crippen molar-refractivity contribution in [2.45, 2.75) is 39.9 Å². The largest absolute Gasteiger partial charge is 0.488 e. The molecule has 0 aliphatic rings. The number of furan rings is 1. The number of methoxy groups -OCH3 is 1. The third-order valence-electron chi connectivity index (χ3n) is 4.52. The summed E-state index contributed by atoms with van der Waals surface area (Å²) in [4.78, 5) is 16.0. The third kappa shape index (κ3) is 3.95. The van der Waals surface area contributed by atoms with E-state index in [0.717, 1.165) is 22.3 Å². The molecule has 0 fully saturated rings. The Balaban J connectivity index is 1.93. The number of hydrogen-bond acceptors (Lipinski definition) is 6. The standard InChI is InChI=1S/C21H23NO5/c1-12-5-6-15(13(2)22-12)10-26-18-8-7-17-16(9-19(24)25-4)11-27-21(17)20(18)14(3)23/h5-8,11,14,23H,9-10H2,1-4H3. The molecular formula is C21H23NO5. The molecular weight excluding hydrogens is 346 g/mol. The van der Waals surface area contributed by atoms with Gasteiger partial charge in [-0.2, -0.15) is 0 Å². The summed E-state index contributed by atoms with van der Waals surface area (Å²) in [6, 6.07) is 7.55. The maximum absolute atomic E-state index is 11.6. The number of ether oxygens (including phenoxy) is 2. The molecule has 3 aromatic rings. The van der Waals surface area contributed by atoms with E-state index in [2.05, 4.69) is 4.98 Å². The summed E-state index contributed by atoms with van der Waals surface area (Å²) >= 11 is 0. The first-order valence-corrected chi connectivity index (χ1v) is 8.74. The van der Waals surface area contributed by atoms with Gasteiger partial charge in [0.2, 0.25) is 0 Å². The summed E-state index contributed by atoms with van der Waals surface area (Å²) in [5, 5.41) is 11.0. The highest BCUT2D eigenvalue weighted by atomic mass is 16.5. The van der Waals surface area contributed by atoms with Crippen LogP contribution in [-0.4, -0.2) is 23.2 Å². The van der Waals surface area contributed by atoms with E-state index < -0.39 is 6.10 Å². The second-order valence-corrected chi connectivity index (χ2v) is 6.53. The Labute approximate surface area is 157 Å². The van der Waals surface area contributed by atoms with Gasteiger partial charge < -0.3 is 19.0 Å². The first-order valence-electron chi connectivity index (χ1n) is 8.74. The fraction of sp³-hybridized carbons (Fsp3) is 0.333. The van der Waals surface area contributed by atoms with Crippen molar-refractivity contribution in [3.63, 3.8) is 0 Å². The molecule has 1 atom stereocenters. The number of nitrogens with zero attached hydrogens (tertiary/aromatic N) is 1. The zero-order valence-electron chi connectivity index (χ0n) is 15.9. The van der Waals surface area contributed by atoms with Gasteiger partial charge >= 0.3 is 5.97 Å². The lowest BCUT2D eigenvalue weighted by Gasteiger charge is -2.15. The molecule has 3 rings (SSSR count). The van der Waals surface area contributed by atoms with E-state index in [0.29, 0.717) is 29.1 Å². The number of aliphatic hydroxyl groups excluding tert-OH is 1. The minimum Gasteiger partial charge on any atom is -0.488 e. The average Bonchev–Trinajstić information content (AvgIpc) is 3.02. The topological polar surface area (TPSA) is 81.8 Å². The summed E-state index contributed by atoms with van der Waals surface area (Å²) in [7, 11) is 1.35. The van der Waals surface area contributed by atoms with Crippen LogP contribution in [0.2, 0.25) is 0 Å². The lowest BCUT2D eigenvalue weighted by atomic mass is 10.0. The monoisotopic (exact) mass is 369 g/mol. The molecule has 1 aromatic carbocycles. The normalized spacial score (nSPS) is 12.2. The van der Waals surface area contributed by atoms with Crippen LogP contribution in [0.1, 0.15) is 41.1 Å². The summed E-state index contributed by atoms with van der Waals surface area (Å²) in [5.41, 5.74) is 4.62. The maximum atomic E-state index is 11.6. The summed E-state index contributed by atoms with van der Waals surface area (Å²) in [6.07, 6.45) is 0.834. The van der Waals surface area contributed by atoms with Gasteiger partial charge in [0.25, 0.3) is 0 Å². The van der Waals surface area contributed by atoms with Crippen LogP contribution in [0.25, 0.3) is 11.0 Å². The van der Waals surface area contributed by atoms with Crippen molar-refractivity contribution in [2.75, 3.05) is 7.11 Å². The molecule has 27 heavy (non-hydrogen) atoms. The molecule has 1 unspecified atom stereocenters. The lowest BCUT2D eigenvalue weighted by Crippen LogP contribution is -2.05. The first kappa shape index (κ1) is 18.9. The van der Waals surface area contributed by atoms with E-state index >= 15 is 0 Å². The van der Waals surface area contributed by atoms with Gasteiger partial charge in [-0.3, -0.25) is 9.78 Å². The van der Waals surface area contributed by atoms with Crippen LogP contribution in [0.3, 0.4) is 0 Å². The van der Waals surface area contributed by atoms with E-state index in [4.69, 9.17) is 13.9 Å². The molecule has 0 spiro atoms. The minimum atomic E-state index is -0.793. The Morgan fingerprint density at radius 1 is 1.22 bits per heavy atom. The quantitative estimate of drug-likeness (QED) is 0.666. The van der Waals surface area contributed by atoms with E-state index in [1.165, 1.54) is 13.4 Å². The lowest BCUT2D eigenvalue weighted by molar-refractivity contribution is -0.139. The van der Waals surface area contributed by atoms with Gasteiger partial charge in [-0.1, -0.05) is 6.07 Å². The molecule has 6 nitrogen and oxygen atoms in total. The molecule has 0 saturated heterocycles. The molecule has 6 heteroatoms. The van der Waals surface area contributed by atoms with Crippen molar-refractivity contribution in [1.29, 1.82) is 0 Å². The molecule has 142 valence electrons. The summed E-state index contributed by atoms with van der Waals surface area (Å²) in [6.45, 7) is 5.87. The van der Waals surface area contributed by atoms with Crippen LogP contribution in [0.15, 0.2) is 34.9 Å². The number of aryl methyl sites for hydroxylation is 2. The van der Waals surface area contributed by atoms with E-state index in [9.17, 15) is 9.90 Å². The maximum Gasteiger partial charge on any atom is 0.310 e. The summed E-state index contributed by atoms with van der Waals surface area (Å²) in [5.74, 6) is 0.190. The van der Waals surface area contributed by atoms with Crippen molar-refractivity contribution in [3.05, 3.63) is 58.6 Å². The number of pyridine rings is 1. The van der Waals surface area contributed by atoms with Crippen molar-refractivity contribution < 1.29 is 23.8 Å². The molecule has 2 heterocycles. The van der Waals surface area contributed by atoms with Gasteiger partial charge in [-0.05, 0) is 39.0 Å². The SMILES string of the molecule is COC(=O)Cc1coc2c(C(C)O)c(OCc3ccc(C)nc3C)ccc12. The van der Waals surface area contributed by atoms with Gasteiger partial charge in [-0.25, -0.2) is 0 Å². The number of aromatic nitrogens is 1. The average molecular weight is 369 g/mol. The zero-order chi connectivity index (χ0) is 19.6. The number of carbonyl (C=O) groups is 1. The molecule has 2 aromatic heterocycles. The highest BCUT2D eigenvalue weighted by Gasteiger charge is 2.20. The zero-order valence-corrected chi connectivity index (χ0v) is 15.9.